The molecule has 0 saturated carbocycles. The van der Waals surface area contributed by atoms with Crippen LogP contribution in [0.1, 0.15) is 23.0 Å². The first-order chi connectivity index (χ1) is 15.2. The van der Waals surface area contributed by atoms with Crippen molar-refractivity contribution < 1.29 is 14.3 Å². The number of methoxy groups -OCH3 is 2. The van der Waals surface area contributed by atoms with Gasteiger partial charge in [0.25, 0.3) is 0 Å². The summed E-state index contributed by atoms with van der Waals surface area (Å²) in [7, 11) is 3.17. The number of amides is 1. The topological polar surface area (TPSA) is 76.2 Å². The Bertz CT molecular complexity index is 1140. The summed E-state index contributed by atoms with van der Waals surface area (Å²) in [4.78, 5) is 21.0. The molecule has 0 radical (unpaired) electrons. The molecule has 0 fully saturated rings. The normalized spacial score (nSPS) is 11.8. The van der Waals surface area contributed by atoms with Crippen molar-refractivity contribution >= 4 is 16.9 Å². The van der Waals surface area contributed by atoms with Gasteiger partial charge in [0.1, 0.15) is 5.82 Å². The molecule has 6 heteroatoms. The number of rotatable bonds is 8. The maximum Gasteiger partial charge on any atom is 0.225 e. The molecule has 6 nitrogen and oxygen atoms in total. The van der Waals surface area contributed by atoms with Crippen LogP contribution < -0.4 is 14.8 Å². The highest BCUT2D eigenvalue weighted by Crippen LogP contribution is 2.28. The minimum Gasteiger partial charge on any atom is -0.493 e. The number of imidazole rings is 1. The number of nitrogens with zero attached hydrogens (tertiary/aromatic N) is 1. The lowest BCUT2D eigenvalue weighted by atomic mass is 10.0. The van der Waals surface area contributed by atoms with Crippen LogP contribution in [0.5, 0.6) is 11.5 Å². The van der Waals surface area contributed by atoms with Gasteiger partial charge in [0.2, 0.25) is 5.91 Å². The standard InChI is InChI=1S/C25H25N3O3/c1-30-22-13-12-18(15-23(22)31-2)16-24(29)26-21(14-17-8-4-3-5-9-17)25-27-19-10-6-7-11-20(19)28-25/h3-13,15,21H,14,16H2,1-2H3,(H,26,29)(H,27,28)/t21-/m0/s1. The lowest BCUT2D eigenvalue weighted by molar-refractivity contribution is -0.121. The fourth-order valence-corrected chi connectivity index (χ4v) is 3.62. The van der Waals surface area contributed by atoms with Crippen LogP contribution in [0.15, 0.2) is 72.8 Å². The molecule has 0 spiro atoms. The highest BCUT2D eigenvalue weighted by molar-refractivity contribution is 5.80. The second-order valence-corrected chi connectivity index (χ2v) is 7.32. The van der Waals surface area contributed by atoms with E-state index in [-0.39, 0.29) is 18.4 Å². The first-order valence-electron chi connectivity index (χ1n) is 10.1. The summed E-state index contributed by atoms with van der Waals surface area (Å²) in [6, 6.07) is 23.2. The molecule has 31 heavy (non-hydrogen) atoms. The summed E-state index contributed by atoms with van der Waals surface area (Å²) in [5.74, 6) is 1.89. The van der Waals surface area contributed by atoms with Gasteiger partial charge in [0.05, 0.1) is 37.7 Å². The summed E-state index contributed by atoms with van der Waals surface area (Å²) in [5, 5.41) is 3.15. The van der Waals surface area contributed by atoms with Crippen LogP contribution in [0.25, 0.3) is 11.0 Å². The van der Waals surface area contributed by atoms with Crippen LogP contribution in [0.4, 0.5) is 0 Å². The third-order valence-electron chi connectivity index (χ3n) is 5.17. The number of para-hydroxylation sites is 2. The maximum atomic E-state index is 12.9. The fourth-order valence-electron chi connectivity index (χ4n) is 3.62. The zero-order valence-electron chi connectivity index (χ0n) is 17.6. The van der Waals surface area contributed by atoms with E-state index in [0.717, 1.165) is 28.0 Å². The highest BCUT2D eigenvalue weighted by atomic mass is 16.5. The van der Waals surface area contributed by atoms with Gasteiger partial charge in [-0.15, -0.1) is 0 Å². The third kappa shape index (κ3) is 4.86. The average Bonchev–Trinajstić information content (AvgIpc) is 3.23. The minimum atomic E-state index is -0.276. The molecule has 1 amide bonds. The van der Waals surface area contributed by atoms with Crippen molar-refractivity contribution in [2.24, 2.45) is 0 Å². The predicted molar refractivity (Wildman–Crippen MR) is 120 cm³/mol. The quantitative estimate of drug-likeness (QED) is 0.452. The van der Waals surface area contributed by atoms with E-state index in [4.69, 9.17) is 14.5 Å². The van der Waals surface area contributed by atoms with Crippen molar-refractivity contribution in [3.8, 4) is 11.5 Å². The molecule has 158 valence electrons. The maximum absolute atomic E-state index is 12.9. The number of H-pyrrole nitrogens is 1. The summed E-state index contributed by atoms with van der Waals surface area (Å²) in [6.45, 7) is 0. The number of aromatic amines is 1. The number of fused-ring (bicyclic) bond motifs is 1. The Labute approximate surface area is 181 Å². The van der Waals surface area contributed by atoms with Crippen molar-refractivity contribution in [3.63, 3.8) is 0 Å². The number of hydrogen-bond donors (Lipinski definition) is 2. The van der Waals surface area contributed by atoms with Gasteiger partial charge in [-0.05, 0) is 41.8 Å². The van der Waals surface area contributed by atoms with E-state index < -0.39 is 0 Å². The molecule has 3 aromatic carbocycles. The zero-order chi connectivity index (χ0) is 21.6. The van der Waals surface area contributed by atoms with E-state index in [1.807, 2.05) is 60.7 Å². The van der Waals surface area contributed by atoms with E-state index in [2.05, 4.69) is 22.4 Å². The molecule has 1 heterocycles. The van der Waals surface area contributed by atoms with Gasteiger partial charge in [-0.25, -0.2) is 4.98 Å². The number of aromatic nitrogens is 2. The van der Waals surface area contributed by atoms with Gasteiger partial charge >= 0.3 is 0 Å². The molecule has 0 saturated heterocycles. The molecule has 1 aromatic heterocycles. The number of hydrogen-bond acceptors (Lipinski definition) is 4. The SMILES string of the molecule is COc1ccc(CC(=O)N[C@@H](Cc2ccccc2)c2nc3ccccc3[nH]2)cc1OC. The second kappa shape index (κ2) is 9.34. The van der Waals surface area contributed by atoms with Crippen LogP contribution in [0.3, 0.4) is 0 Å². The summed E-state index contributed by atoms with van der Waals surface area (Å²) >= 11 is 0. The van der Waals surface area contributed by atoms with E-state index in [1.54, 1.807) is 14.2 Å². The van der Waals surface area contributed by atoms with E-state index in [1.165, 1.54) is 0 Å². The smallest absolute Gasteiger partial charge is 0.225 e. The van der Waals surface area contributed by atoms with Gasteiger partial charge in [-0.3, -0.25) is 4.79 Å². The summed E-state index contributed by atoms with van der Waals surface area (Å²) in [5.41, 5.74) is 3.80. The van der Waals surface area contributed by atoms with Crippen LogP contribution in [-0.2, 0) is 17.6 Å². The van der Waals surface area contributed by atoms with Crippen LogP contribution in [-0.4, -0.2) is 30.1 Å². The second-order valence-electron chi connectivity index (χ2n) is 7.32. The third-order valence-corrected chi connectivity index (χ3v) is 5.17. The number of carbonyl (C=O) groups excluding carboxylic acids is 1. The zero-order valence-corrected chi connectivity index (χ0v) is 17.6. The molecule has 4 aromatic rings. The van der Waals surface area contributed by atoms with Gasteiger partial charge in [-0.1, -0.05) is 48.5 Å². The van der Waals surface area contributed by atoms with Crippen molar-refractivity contribution in [3.05, 3.63) is 89.7 Å². The molecule has 2 N–H and O–H groups in total. The lowest BCUT2D eigenvalue weighted by Gasteiger charge is -2.17. The highest BCUT2D eigenvalue weighted by Gasteiger charge is 2.20. The molecule has 1 atom stereocenters. The first kappa shape index (κ1) is 20.5. The van der Waals surface area contributed by atoms with Crippen molar-refractivity contribution in [1.82, 2.24) is 15.3 Å². The van der Waals surface area contributed by atoms with Crippen molar-refractivity contribution in [1.29, 1.82) is 0 Å². The number of ether oxygens (including phenoxy) is 2. The van der Waals surface area contributed by atoms with E-state index >= 15 is 0 Å². The monoisotopic (exact) mass is 415 g/mol. The molecule has 0 aliphatic rings. The Morgan fingerprint density at radius 1 is 0.935 bits per heavy atom. The summed E-state index contributed by atoms with van der Waals surface area (Å²) < 4.78 is 10.6. The Balaban J connectivity index is 1.56. The molecule has 0 aliphatic carbocycles. The Morgan fingerprint density at radius 2 is 1.68 bits per heavy atom. The number of nitrogens with one attached hydrogen (secondary N) is 2. The van der Waals surface area contributed by atoms with Crippen LogP contribution in [0.2, 0.25) is 0 Å². The Morgan fingerprint density at radius 3 is 2.42 bits per heavy atom. The molecular weight excluding hydrogens is 390 g/mol. The van der Waals surface area contributed by atoms with Crippen molar-refractivity contribution in [2.75, 3.05) is 14.2 Å². The minimum absolute atomic E-state index is 0.0893. The molecular formula is C25H25N3O3. The predicted octanol–water partition coefficient (Wildman–Crippen LogP) is 4.22. The first-order valence-corrected chi connectivity index (χ1v) is 10.1. The molecule has 0 unspecified atom stereocenters. The Kier molecular flexibility index (Phi) is 6.17. The van der Waals surface area contributed by atoms with Gasteiger partial charge in [0, 0.05) is 0 Å². The largest absolute Gasteiger partial charge is 0.493 e. The van der Waals surface area contributed by atoms with Crippen molar-refractivity contribution in [2.45, 2.75) is 18.9 Å². The van der Waals surface area contributed by atoms with E-state index in [0.29, 0.717) is 17.9 Å². The average molecular weight is 415 g/mol. The fraction of sp³-hybridized carbons (Fsp3) is 0.200. The summed E-state index contributed by atoms with van der Waals surface area (Å²) in [6.07, 6.45) is 0.865. The lowest BCUT2D eigenvalue weighted by Crippen LogP contribution is -2.32. The van der Waals surface area contributed by atoms with E-state index in [9.17, 15) is 4.79 Å². The van der Waals surface area contributed by atoms with Crippen LogP contribution in [0, 0.1) is 0 Å². The van der Waals surface area contributed by atoms with Gasteiger partial charge in [-0.2, -0.15) is 0 Å². The number of benzene rings is 3. The Hall–Kier alpha value is -3.80. The molecule has 4 rings (SSSR count). The molecule has 0 bridgehead atoms. The number of carbonyl (C=O) groups is 1. The van der Waals surface area contributed by atoms with Gasteiger partial charge < -0.3 is 19.8 Å². The van der Waals surface area contributed by atoms with Gasteiger partial charge in [0.15, 0.2) is 11.5 Å². The van der Waals surface area contributed by atoms with Crippen LogP contribution >= 0.6 is 0 Å². The molecule has 0 aliphatic heterocycles.